The average Bonchev–Trinajstić information content (AvgIpc) is 3.02. The SMILES string of the molecule is CCC1(CNC2CCCC(C)(C)CC2)CC1. The van der Waals surface area contributed by atoms with Crippen molar-refractivity contribution in [1.82, 2.24) is 5.32 Å². The van der Waals surface area contributed by atoms with Gasteiger partial charge in [-0.15, -0.1) is 0 Å². The maximum atomic E-state index is 3.85. The van der Waals surface area contributed by atoms with Crippen LogP contribution < -0.4 is 5.32 Å². The highest BCUT2D eigenvalue weighted by Crippen LogP contribution is 2.48. The van der Waals surface area contributed by atoms with E-state index in [9.17, 15) is 0 Å². The molecule has 2 rings (SSSR count). The highest BCUT2D eigenvalue weighted by molar-refractivity contribution is 4.94. The molecular formula is C15H29N. The molecule has 2 fully saturated rings. The predicted molar refractivity (Wildman–Crippen MR) is 70.6 cm³/mol. The first-order valence-corrected chi connectivity index (χ1v) is 7.29. The van der Waals surface area contributed by atoms with Crippen LogP contribution in [0.25, 0.3) is 0 Å². The predicted octanol–water partition coefficient (Wildman–Crippen LogP) is 4.13. The molecule has 0 spiro atoms. The van der Waals surface area contributed by atoms with Gasteiger partial charge >= 0.3 is 0 Å². The minimum atomic E-state index is 0.596. The molecule has 1 N–H and O–H groups in total. The van der Waals surface area contributed by atoms with Gasteiger partial charge in [0.1, 0.15) is 0 Å². The van der Waals surface area contributed by atoms with Gasteiger partial charge in [0.05, 0.1) is 0 Å². The van der Waals surface area contributed by atoms with E-state index >= 15 is 0 Å². The molecule has 0 aromatic rings. The highest BCUT2D eigenvalue weighted by Gasteiger charge is 2.40. The third-order valence-electron chi connectivity index (χ3n) is 5.05. The van der Waals surface area contributed by atoms with Crippen molar-refractivity contribution in [3.8, 4) is 0 Å². The van der Waals surface area contributed by atoms with Gasteiger partial charge in [0.15, 0.2) is 0 Å². The standard InChI is InChI=1S/C15H29N/c1-4-15(10-11-15)12-16-13-6-5-8-14(2,3)9-7-13/h13,16H,4-12H2,1-3H3. The van der Waals surface area contributed by atoms with Crippen molar-refractivity contribution in [2.75, 3.05) is 6.54 Å². The molecule has 0 amide bonds. The third-order valence-corrected chi connectivity index (χ3v) is 5.05. The molecular weight excluding hydrogens is 194 g/mol. The van der Waals surface area contributed by atoms with Gasteiger partial charge < -0.3 is 5.32 Å². The van der Waals surface area contributed by atoms with Crippen LogP contribution in [0.3, 0.4) is 0 Å². The Kier molecular flexibility index (Phi) is 3.63. The van der Waals surface area contributed by atoms with Gasteiger partial charge in [0, 0.05) is 12.6 Å². The fourth-order valence-corrected chi connectivity index (χ4v) is 3.06. The summed E-state index contributed by atoms with van der Waals surface area (Å²) in [5, 5.41) is 3.85. The summed E-state index contributed by atoms with van der Waals surface area (Å²) in [6.07, 6.45) is 11.4. The maximum Gasteiger partial charge on any atom is 0.00675 e. The van der Waals surface area contributed by atoms with Gasteiger partial charge in [-0.25, -0.2) is 0 Å². The molecule has 0 radical (unpaired) electrons. The number of rotatable bonds is 4. The summed E-state index contributed by atoms with van der Waals surface area (Å²) in [5.41, 5.74) is 1.31. The molecule has 2 aliphatic carbocycles. The minimum Gasteiger partial charge on any atom is -0.313 e. The molecule has 0 aromatic heterocycles. The molecule has 1 nitrogen and oxygen atoms in total. The maximum absolute atomic E-state index is 3.85. The summed E-state index contributed by atoms with van der Waals surface area (Å²) in [6, 6.07) is 0.811. The zero-order valence-corrected chi connectivity index (χ0v) is 11.4. The first kappa shape index (κ1) is 12.4. The van der Waals surface area contributed by atoms with E-state index in [1.165, 1.54) is 57.9 Å². The molecule has 16 heavy (non-hydrogen) atoms. The lowest BCUT2D eigenvalue weighted by atomic mass is 9.85. The normalized spacial score (nSPS) is 32.1. The van der Waals surface area contributed by atoms with Crippen molar-refractivity contribution >= 4 is 0 Å². The van der Waals surface area contributed by atoms with E-state index in [4.69, 9.17) is 0 Å². The van der Waals surface area contributed by atoms with Crippen LogP contribution in [-0.2, 0) is 0 Å². The largest absolute Gasteiger partial charge is 0.313 e. The summed E-state index contributed by atoms with van der Waals surface area (Å²) in [7, 11) is 0. The second-order valence-corrected chi connectivity index (χ2v) is 7.03. The van der Waals surface area contributed by atoms with Crippen molar-refractivity contribution < 1.29 is 0 Å². The van der Waals surface area contributed by atoms with Crippen molar-refractivity contribution in [2.45, 2.75) is 78.2 Å². The molecule has 1 heteroatoms. The van der Waals surface area contributed by atoms with Crippen LogP contribution in [0.15, 0.2) is 0 Å². The van der Waals surface area contributed by atoms with Crippen LogP contribution in [0, 0.1) is 10.8 Å². The van der Waals surface area contributed by atoms with E-state index in [0.717, 1.165) is 6.04 Å². The lowest BCUT2D eigenvalue weighted by Gasteiger charge is -2.23. The molecule has 0 saturated heterocycles. The summed E-state index contributed by atoms with van der Waals surface area (Å²) in [4.78, 5) is 0. The third kappa shape index (κ3) is 3.23. The molecule has 0 heterocycles. The molecule has 1 unspecified atom stereocenters. The second-order valence-electron chi connectivity index (χ2n) is 7.03. The van der Waals surface area contributed by atoms with Gasteiger partial charge in [-0.05, 0) is 55.8 Å². The smallest absolute Gasteiger partial charge is 0.00675 e. The lowest BCUT2D eigenvalue weighted by molar-refractivity contribution is 0.307. The zero-order chi connectivity index (χ0) is 11.6. The topological polar surface area (TPSA) is 12.0 Å². The molecule has 2 aliphatic rings. The molecule has 0 aliphatic heterocycles. The van der Waals surface area contributed by atoms with E-state index in [2.05, 4.69) is 26.1 Å². The minimum absolute atomic E-state index is 0.596. The fourth-order valence-electron chi connectivity index (χ4n) is 3.06. The summed E-state index contributed by atoms with van der Waals surface area (Å²) >= 11 is 0. The van der Waals surface area contributed by atoms with Gasteiger partial charge in [0.25, 0.3) is 0 Å². The van der Waals surface area contributed by atoms with Crippen molar-refractivity contribution in [3.05, 3.63) is 0 Å². The van der Waals surface area contributed by atoms with Crippen LogP contribution in [-0.4, -0.2) is 12.6 Å². The van der Waals surface area contributed by atoms with Gasteiger partial charge in [-0.1, -0.05) is 27.2 Å². The van der Waals surface area contributed by atoms with E-state index < -0.39 is 0 Å². The van der Waals surface area contributed by atoms with E-state index in [0.29, 0.717) is 10.8 Å². The molecule has 1 atom stereocenters. The number of hydrogen-bond acceptors (Lipinski definition) is 1. The summed E-state index contributed by atoms with van der Waals surface area (Å²) in [5.74, 6) is 0. The summed E-state index contributed by atoms with van der Waals surface area (Å²) < 4.78 is 0. The molecule has 2 saturated carbocycles. The van der Waals surface area contributed by atoms with E-state index in [-0.39, 0.29) is 0 Å². The Morgan fingerprint density at radius 2 is 1.81 bits per heavy atom. The Bertz CT molecular complexity index is 228. The van der Waals surface area contributed by atoms with Crippen LogP contribution in [0.1, 0.15) is 72.1 Å². The molecule has 0 bridgehead atoms. The molecule has 94 valence electrons. The number of hydrogen-bond donors (Lipinski definition) is 1. The monoisotopic (exact) mass is 223 g/mol. The zero-order valence-electron chi connectivity index (χ0n) is 11.4. The van der Waals surface area contributed by atoms with E-state index in [1.807, 2.05) is 0 Å². The average molecular weight is 223 g/mol. The first-order valence-electron chi connectivity index (χ1n) is 7.29. The Labute approximate surface area is 101 Å². The van der Waals surface area contributed by atoms with Crippen LogP contribution in [0.4, 0.5) is 0 Å². The lowest BCUT2D eigenvalue weighted by Crippen LogP contribution is -2.33. The van der Waals surface area contributed by atoms with Gasteiger partial charge in [-0.2, -0.15) is 0 Å². The van der Waals surface area contributed by atoms with Crippen molar-refractivity contribution in [3.63, 3.8) is 0 Å². The second kappa shape index (κ2) is 4.68. The van der Waals surface area contributed by atoms with Gasteiger partial charge in [0.2, 0.25) is 0 Å². The highest BCUT2D eigenvalue weighted by atomic mass is 14.9. The fraction of sp³-hybridized carbons (Fsp3) is 1.00. The van der Waals surface area contributed by atoms with Crippen molar-refractivity contribution in [2.24, 2.45) is 10.8 Å². The van der Waals surface area contributed by atoms with Crippen LogP contribution in [0.5, 0.6) is 0 Å². The summed E-state index contributed by atoms with van der Waals surface area (Å²) in [6.45, 7) is 8.51. The van der Waals surface area contributed by atoms with Gasteiger partial charge in [-0.3, -0.25) is 0 Å². The number of nitrogens with one attached hydrogen (secondary N) is 1. The molecule has 0 aromatic carbocycles. The van der Waals surface area contributed by atoms with Crippen molar-refractivity contribution in [1.29, 1.82) is 0 Å². The first-order chi connectivity index (χ1) is 7.55. The Morgan fingerprint density at radius 1 is 1.06 bits per heavy atom. The Hall–Kier alpha value is -0.0400. The van der Waals surface area contributed by atoms with E-state index in [1.54, 1.807) is 0 Å². The van der Waals surface area contributed by atoms with Crippen LogP contribution in [0.2, 0.25) is 0 Å². The van der Waals surface area contributed by atoms with Crippen LogP contribution >= 0.6 is 0 Å². The quantitative estimate of drug-likeness (QED) is 0.707. The Balaban J connectivity index is 1.74. The Morgan fingerprint density at radius 3 is 2.44 bits per heavy atom.